The fraction of sp³-hybridized carbons (Fsp3) is 0.190. The Balaban J connectivity index is 1.91. The van der Waals surface area contributed by atoms with Crippen LogP contribution in [0.1, 0.15) is 23.6 Å². The van der Waals surface area contributed by atoms with Crippen LogP contribution in [0, 0.1) is 6.92 Å². The van der Waals surface area contributed by atoms with Gasteiger partial charge in [-0.3, -0.25) is 0 Å². The molecular weight excluding hydrogens is 298 g/mol. The summed E-state index contributed by atoms with van der Waals surface area (Å²) in [7, 11) is 0. The summed E-state index contributed by atoms with van der Waals surface area (Å²) in [5.74, 6) is -0.311. The summed E-state index contributed by atoms with van der Waals surface area (Å²) < 4.78 is 7.20. The fourth-order valence-corrected chi connectivity index (χ4v) is 2.93. The van der Waals surface area contributed by atoms with E-state index in [0.717, 1.165) is 12.1 Å². The maximum Gasteiger partial charge on any atom is 0.330 e. The van der Waals surface area contributed by atoms with Crippen molar-refractivity contribution in [3.63, 3.8) is 0 Å². The quantitative estimate of drug-likeness (QED) is 0.509. The second kappa shape index (κ2) is 7.18. The Hall–Kier alpha value is -2.81. The highest BCUT2D eigenvalue weighted by Gasteiger charge is 2.07. The summed E-state index contributed by atoms with van der Waals surface area (Å²) in [6, 6.07) is 16.5. The van der Waals surface area contributed by atoms with Gasteiger partial charge in [-0.15, -0.1) is 0 Å². The van der Waals surface area contributed by atoms with E-state index in [0.29, 0.717) is 6.61 Å². The van der Waals surface area contributed by atoms with Crippen molar-refractivity contribution in [1.82, 2.24) is 4.57 Å². The number of aryl methyl sites for hydroxylation is 1. The van der Waals surface area contributed by atoms with E-state index < -0.39 is 0 Å². The Kier molecular flexibility index (Phi) is 4.80. The minimum Gasteiger partial charge on any atom is -0.463 e. The average molecular weight is 319 g/mol. The van der Waals surface area contributed by atoms with Crippen molar-refractivity contribution in [1.29, 1.82) is 0 Å². The molecule has 122 valence electrons. The molecule has 0 amide bonds. The maximum absolute atomic E-state index is 11.5. The van der Waals surface area contributed by atoms with Gasteiger partial charge < -0.3 is 9.30 Å². The van der Waals surface area contributed by atoms with Gasteiger partial charge in [-0.2, -0.15) is 0 Å². The third kappa shape index (κ3) is 3.40. The molecule has 0 atom stereocenters. The number of fused-ring (bicyclic) bond motifs is 1. The summed E-state index contributed by atoms with van der Waals surface area (Å²) in [4.78, 5) is 11.5. The van der Waals surface area contributed by atoms with Gasteiger partial charge >= 0.3 is 5.97 Å². The highest BCUT2D eigenvalue weighted by molar-refractivity contribution is 5.87. The Morgan fingerprint density at radius 3 is 2.71 bits per heavy atom. The number of benzene rings is 2. The third-order valence-electron chi connectivity index (χ3n) is 4.07. The van der Waals surface area contributed by atoms with Gasteiger partial charge in [-0.25, -0.2) is 4.79 Å². The second-order valence-corrected chi connectivity index (χ2v) is 5.74. The summed E-state index contributed by atoms with van der Waals surface area (Å²) in [5.41, 5.74) is 4.68. The molecule has 24 heavy (non-hydrogen) atoms. The van der Waals surface area contributed by atoms with Crippen LogP contribution in [0.2, 0.25) is 0 Å². The van der Waals surface area contributed by atoms with Crippen molar-refractivity contribution in [2.75, 3.05) is 6.61 Å². The largest absolute Gasteiger partial charge is 0.463 e. The minimum atomic E-state index is -0.311. The lowest BCUT2D eigenvalue weighted by molar-refractivity contribution is -0.137. The highest BCUT2D eigenvalue weighted by Crippen LogP contribution is 2.22. The van der Waals surface area contributed by atoms with Crippen LogP contribution in [-0.2, 0) is 16.1 Å². The predicted octanol–water partition coefficient (Wildman–Crippen LogP) is 4.57. The molecule has 2 aromatic carbocycles. The van der Waals surface area contributed by atoms with E-state index in [1.807, 2.05) is 24.3 Å². The molecule has 0 bridgehead atoms. The monoisotopic (exact) mass is 319 g/mol. The van der Waals surface area contributed by atoms with Crippen molar-refractivity contribution in [3.8, 4) is 0 Å². The molecule has 0 radical (unpaired) electrons. The molecule has 3 nitrogen and oxygen atoms in total. The van der Waals surface area contributed by atoms with Crippen LogP contribution in [0.4, 0.5) is 0 Å². The molecule has 0 saturated carbocycles. The lowest BCUT2D eigenvalue weighted by atomic mass is 10.1. The summed E-state index contributed by atoms with van der Waals surface area (Å²) in [6.07, 6.45) is 5.49. The van der Waals surface area contributed by atoms with Crippen molar-refractivity contribution in [2.45, 2.75) is 20.4 Å². The van der Waals surface area contributed by atoms with Crippen molar-refractivity contribution in [3.05, 3.63) is 77.5 Å². The Morgan fingerprint density at radius 2 is 1.88 bits per heavy atom. The molecule has 0 spiro atoms. The van der Waals surface area contributed by atoms with Crippen LogP contribution in [0.15, 0.2) is 60.8 Å². The van der Waals surface area contributed by atoms with E-state index in [9.17, 15) is 4.79 Å². The zero-order valence-corrected chi connectivity index (χ0v) is 14.0. The molecule has 0 aliphatic rings. The number of aromatic nitrogens is 1. The first kappa shape index (κ1) is 16.1. The molecule has 1 heterocycles. The molecule has 3 heteroatoms. The Labute approximate surface area is 142 Å². The number of carbonyl (C=O) groups is 1. The van der Waals surface area contributed by atoms with Gasteiger partial charge in [0.25, 0.3) is 0 Å². The van der Waals surface area contributed by atoms with Gasteiger partial charge in [-0.1, -0.05) is 42.5 Å². The molecule has 0 aliphatic heterocycles. The zero-order valence-electron chi connectivity index (χ0n) is 14.0. The molecule has 0 aliphatic carbocycles. The summed E-state index contributed by atoms with van der Waals surface area (Å²) in [6.45, 7) is 5.09. The topological polar surface area (TPSA) is 31.2 Å². The van der Waals surface area contributed by atoms with Crippen LogP contribution in [0.5, 0.6) is 0 Å². The molecule has 1 aromatic heterocycles. The minimum absolute atomic E-state index is 0.311. The number of esters is 1. The highest BCUT2D eigenvalue weighted by atomic mass is 16.5. The average Bonchev–Trinajstić information content (AvgIpc) is 2.91. The molecular formula is C21H21NO2. The maximum atomic E-state index is 11.5. The number of hydrogen-bond acceptors (Lipinski definition) is 2. The van der Waals surface area contributed by atoms with Crippen molar-refractivity contribution >= 4 is 22.9 Å². The lowest BCUT2D eigenvalue weighted by Crippen LogP contribution is -2.01. The van der Waals surface area contributed by atoms with Gasteiger partial charge in [0.15, 0.2) is 0 Å². The van der Waals surface area contributed by atoms with Crippen LogP contribution in [0.3, 0.4) is 0 Å². The van der Waals surface area contributed by atoms with E-state index >= 15 is 0 Å². The van der Waals surface area contributed by atoms with Crippen LogP contribution in [0.25, 0.3) is 17.0 Å². The molecule has 0 N–H and O–H groups in total. The molecule has 0 fully saturated rings. The van der Waals surface area contributed by atoms with Crippen LogP contribution < -0.4 is 0 Å². The van der Waals surface area contributed by atoms with Gasteiger partial charge in [0, 0.05) is 29.7 Å². The number of para-hydroxylation sites is 1. The van der Waals surface area contributed by atoms with Crippen molar-refractivity contribution < 1.29 is 9.53 Å². The van der Waals surface area contributed by atoms with E-state index in [1.165, 1.54) is 28.1 Å². The van der Waals surface area contributed by atoms with E-state index in [-0.39, 0.29) is 5.97 Å². The fourth-order valence-electron chi connectivity index (χ4n) is 2.93. The number of rotatable bonds is 5. The van der Waals surface area contributed by atoms with Crippen LogP contribution in [-0.4, -0.2) is 17.1 Å². The van der Waals surface area contributed by atoms with Gasteiger partial charge in [0.2, 0.25) is 0 Å². The normalized spacial score (nSPS) is 11.2. The summed E-state index contributed by atoms with van der Waals surface area (Å²) in [5, 5.41) is 1.28. The molecule has 0 unspecified atom stereocenters. The Bertz CT molecular complexity index is 890. The first-order chi connectivity index (χ1) is 11.7. The molecule has 3 rings (SSSR count). The summed E-state index contributed by atoms with van der Waals surface area (Å²) >= 11 is 0. The molecule has 3 aromatic rings. The smallest absolute Gasteiger partial charge is 0.330 e. The van der Waals surface area contributed by atoms with Gasteiger partial charge in [0.1, 0.15) is 0 Å². The lowest BCUT2D eigenvalue weighted by Gasteiger charge is -2.09. The van der Waals surface area contributed by atoms with Crippen molar-refractivity contribution in [2.24, 2.45) is 0 Å². The number of hydrogen-bond donors (Lipinski definition) is 0. The first-order valence-electron chi connectivity index (χ1n) is 8.16. The number of nitrogens with zero attached hydrogens (tertiary/aromatic N) is 1. The molecule has 0 saturated heterocycles. The van der Waals surface area contributed by atoms with E-state index in [4.69, 9.17) is 4.74 Å². The van der Waals surface area contributed by atoms with Gasteiger partial charge in [0.05, 0.1) is 6.61 Å². The van der Waals surface area contributed by atoms with Crippen LogP contribution >= 0.6 is 0 Å². The standard InChI is InChI=1S/C21H21NO2/c1-3-24-21(23)13-12-17-8-4-5-9-18(17)15-22-14-16(2)19-10-6-7-11-20(19)22/h4-14H,3,15H2,1-2H3/b13-12+. The second-order valence-electron chi connectivity index (χ2n) is 5.74. The zero-order chi connectivity index (χ0) is 16.9. The first-order valence-corrected chi connectivity index (χ1v) is 8.16. The number of ether oxygens (including phenoxy) is 1. The van der Waals surface area contributed by atoms with E-state index in [2.05, 4.69) is 48.0 Å². The number of carbonyl (C=O) groups excluding carboxylic acids is 1. The van der Waals surface area contributed by atoms with E-state index in [1.54, 1.807) is 6.92 Å². The third-order valence-corrected chi connectivity index (χ3v) is 4.07. The SMILES string of the molecule is CCOC(=O)/C=C/c1ccccc1Cn1cc(C)c2ccccc21. The van der Waals surface area contributed by atoms with Gasteiger partial charge in [-0.05, 0) is 42.7 Å². The Morgan fingerprint density at radius 1 is 1.12 bits per heavy atom. The predicted molar refractivity (Wildman–Crippen MR) is 97.9 cm³/mol.